The average Bonchev–Trinajstić information content (AvgIpc) is 2.24. The summed E-state index contributed by atoms with van der Waals surface area (Å²) in [5.74, 6) is 0. The van der Waals surface area contributed by atoms with Crippen molar-refractivity contribution >= 4 is 15.8 Å². The van der Waals surface area contributed by atoms with Gasteiger partial charge in [-0.25, -0.2) is 0 Å². The van der Waals surface area contributed by atoms with Crippen LogP contribution >= 0.6 is 0 Å². The van der Waals surface area contributed by atoms with Crippen molar-refractivity contribution in [3.05, 3.63) is 23.8 Å². The molecule has 0 spiro atoms. The second-order valence-corrected chi connectivity index (χ2v) is 5.50. The molecular weight excluding hydrogens is 238 g/mol. The van der Waals surface area contributed by atoms with Crippen LogP contribution in [0.1, 0.15) is 38.2 Å². The molecule has 0 bridgehead atoms. The molecule has 1 aromatic carbocycles. The highest BCUT2D eigenvalue weighted by Gasteiger charge is 2.16. The molecule has 0 aliphatic heterocycles. The largest absolute Gasteiger partial charge is 0.398 e. The van der Waals surface area contributed by atoms with E-state index in [1.165, 1.54) is 12.1 Å². The lowest BCUT2D eigenvalue weighted by Gasteiger charge is -2.09. The van der Waals surface area contributed by atoms with Crippen molar-refractivity contribution in [1.82, 2.24) is 0 Å². The molecule has 1 aromatic rings. The van der Waals surface area contributed by atoms with Gasteiger partial charge < -0.3 is 5.73 Å². The van der Waals surface area contributed by atoms with Crippen molar-refractivity contribution in [2.75, 3.05) is 5.73 Å². The third-order valence-corrected chi connectivity index (χ3v) is 3.67. The molecule has 0 saturated carbocycles. The van der Waals surface area contributed by atoms with Gasteiger partial charge in [0, 0.05) is 5.69 Å². The van der Waals surface area contributed by atoms with Crippen LogP contribution in [0.5, 0.6) is 0 Å². The van der Waals surface area contributed by atoms with Gasteiger partial charge in [-0.05, 0) is 30.5 Å². The summed E-state index contributed by atoms with van der Waals surface area (Å²) in [4.78, 5) is -0.0611. The monoisotopic (exact) mass is 257 g/mol. The van der Waals surface area contributed by atoms with Crippen LogP contribution in [0.15, 0.2) is 23.1 Å². The van der Waals surface area contributed by atoms with Gasteiger partial charge in [-0.1, -0.05) is 32.3 Å². The number of nitrogens with two attached hydrogens (primary N) is 1. The van der Waals surface area contributed by atoms with Gasteiger partial charge in [0.15, 0.2) is 0 Å². The minimum Gasteiger partial charge on any atom is -0.398 e. The molecule has 3 N–H and O–H groups in total. The summed E-state index contributed by atoms with van der Waals surface area (Å²) >= 11 is 0. The summed E-state index contributed by atoms with van der Waals surface area (Å²) in [6.07, 6.45) is 4.74. The lowest BCUT2D eigenvalue weighted by Crippen LogP contribution is -2.06. The van der Waals surface area contributed by atoms with Crippen LogP contribution in [-0.2, 0) is 16.5 Å². The van der Waals surface area contributed by atoms with Crippen LogP contribution in [0.3, 0.4) is 0 Å². The summed E-state index contributed by atoms with van der Waals surface area (Å²) in [7, 11) is -4.18. The van der Waals surface area contributed by atoms with E-state index >= 15 is 0 Å². The molecule has 0 amide bonds. The van der Waals surface area contributed by atoms with E-state index in [2.05, 4.69) is 6.92 Å². The fourth-order valence-electron chi connectivity index (χ4n) is 1.82. The number of benzene rings is 1. The minimum absolute atomic E-state index is 0.0611. The number of rotatable bonds is 6. The Hall–Kier alpha value is -1.07. The topological polar surface area (TPSA) is 80.4 Å². The Morgan fingerprint density at radius 2 is 1.94 bits per heavy atom. The Morgan fingerprint density at radius 3 is 2.53 bits per heavy atom. The summed E-state index contributed by atoms with van der Waals surface area (Å²) in [6.45, 7) is 2.11. The van der Waals surface area contributed by atoms with Gasteiger partial charge in [-0.15, -0.1) is 0 Å². The summed E-state index contributed by atoms with van der Waals surface area (Å²) in [6, 6.07) is 4.58. The van der Waals surface area contributed by atoms with E-state index < -0.39 is 10.1 Å². The van der Waals surface area contributed by atoms with Crippen molar-refractivity contribution in [2.45, 2.75) is 43.9 Å². The van der Waals surface area contributed by atoms with Gasteiger partial charge in [0.05, 0.1) is 4.90 Å². The van der Waals surface area contributed by atoms with Crippen molar-refractivity contribution in [3.8, 4) is 0 Å². The Bertz CT molecular complexity index is 469. The van der Waals surface area contributed by atoms with Crippen LogP contribution in [0, 0.1) is 0 Å². The van der Waals surface area contributed by atoms with Gasteiger partial charge in [-0.2, -0.15) is 8.42 Å². The molecule has 0 unspecified atom stereocenters. The zero-order valence-corrected chi connectivity index (χ0v) is 10.8. The predicted molar refractivity (Wildman–Crippen MR) is 68.5 cm³/mol. The SMILES string of the molecule is CCCCCCc1c(N)cccc1S(=O)(=O)O. The zero-order valence-electron chi connectivity index (χ0n) is 10.0. The van der Waals surface area contributed by atoms with Gasteiger partial charge >= 0.3 is 0 Å². The van der Waals surface area contributed by atoms with Crippen LogP contribution in [0.25, 0.3) is 0 Å². The summed E-state index contributed by atoms with van der Waals surface area (Å²) < 4.78 is 31.5. The predicted octanol–water partition coefficient (Wildman–Crippen LogP) is 2.64. The maximum absolute atomic E-state index is 11.2. The van der Waals surface area contributed by atoms with Crippen molar-refractivity contribution in [2.24, 2.45) is 0 Å². The van der Waals surface area contributed by atoms with Crippen LogP contribution in [0.4, 0.5) is 5.69 Å². The maximum atomic E-state index is 11.2. The lowest BCUT2D eigenvalue weighted by atomic mass is 10.0. The number of unbranched alkanes of at least 4 members (excludes halogenated alkanes) is 3. The third kappa shape index (κ3) is 4.02. The first-order valence-corrected chi connectivity index (χ1v) is 7.25. The van der Waals surface area contributed by atoms with E-state index in [4.69, 9.17) is 10.3 Å². The molecule has 1 rings (SSSR count). The molecule has 0 aliphatic rings. The number of nitrogen functional groups attached to an aromatic ring is 1. The van der Waals surface area contributed by atoms with Crippen molar-refractivity contribution < 1.29 is 13.0 Å². The fraction of sp³-hybridized carbons (Fsp3) is 0.500. The average molecular weight is 257 g/mol. The first kappa shape index (κ1) is 14.0. The molecule has 5 heteroatoms. The molecule has 0 fully saturated rings. The molecule has 0 heterocycles. The van der Waals surface area contributed by atoms with Crippen LogP contribution in [-0.4, -0.2) is 13.0 Å². The Morgan fingerprint density at radius 1 is 1.24 bits per heavy atom. The normalized spacial score (nSPS) is 11.6. The molecule has 0 aliphatic carbocycles. The van der Waals surface area contributed by atoms with Crippen LogP contribution in [0.2, 0.25) is 0 Å². The van der Waals surface area contributed by atoms with Gasteiger partial charge in [0.1, 0.15) is 0 Å². The fourth-order valence-corrected chi connectivity index (χ4v) is 2.60. The van der Waals surface area contributed by atoms with E-state index in [-0.39, 0.29) is 4.90 Å². The Balaban J connectivity index is 2.89. The second-order valence-electron chi connectivity index (χ2n) is 4.11. The van der Waals surface area contributed by atoms with Crippen molar-refractivity contribution in [1.29, 1.82) is 0 Å². The lowest BCUT2D eigenvalue weighted by molar-refractivity contribution is 0.481. The molecule has 0 atom stereocenters. The van der Waals surface area contributed by atoms with E-state index in [0.717, 1.165) is 25.7 Å². The first-order valence-electron chi connectivity index (χ1n) is 5.81. The molecule has 0 radical (unpaired) electrons. The van der Waals surface area contributed by atoms with Crippen molar-refractivity contribution in [3.63, 3.8) is 0 Å². The number of hydrogen-bond acceptors (Lipinski definition) is 3. The quantitative estimate of drug-likeness (QED) is 0.466. The highest BCUT2D eigenvalue weighted by molar-refractivity contribution is 7.85. The molecule has 96 valence electrons. The third-order valence-electron chi connectivity index (χ3n) is 2.73. The maximum Gasteiger partial charge on any atom is 0.294 e. The van der Waals surface area contributed by atoms with E-state index in [0.29, 0.717) is 17.7 Å². The highest BCUT2D eigenvalue weighted by atomic mass is 32.2. The van der Waals surface area contributed by atoms with Gasteiger partial charge in [-0.3, -0.25) is 4.55 Å². The molecule has 0 aromatic heterocycles. The molecule has 17 heavy (non-hydrogen) atoms. The van der Waals surface area contributed by atoms with E-state index in [9.17, 15) is 8.42 Å². The summed E-state index contributed by atoms with van der Waals surface area (Å²) in [5, 5.41) is 0. The number of anilines is 1. The Kier molecular flexibility index (Phi) is 4.96. The minimum atomic E-state index is -4.18. The standard InChI is InChI=1S/C12H19NO3S/c1-2-3-4-5-7-10-11(13)8-6-9-12(10)17(14,15)16/h6,8-9H,2-5,7,13H2,1H3,(H,14,15,16). The smallest absolute Gasteiger partial charge is 0.294 e. The molecular formula is C12H19NO3S. The van der Waals surface area contributed by atoms with Gasteiger partial charge in [0.25, 0.3) is 10.1 Å². The number of hydrogen-bond donors (Lipinski definition) is 2. The van der Waals surface area contributed by atoms with Crippen LogP contribution < -0.4 is 5.73 Å². The molecule has 0 saturated heterocycles. The van der Waals surface area contributed by atoms with E-state index in [1.54, 1.807) is 6.07 Å². The second kappa shape index (κ2) is 6.02. The summed E-state index contributed by atoms with van der Waals surface area (Å²) in [5.41, 5.74) is 6.72. The molecule has 4 nitrogen and oxygen atoms in total. The highest BCUT2D eigenvalue weighted by Crippen LogP contribution is 2.23. The zero-order chi connectivity index (χ0) is 12.9. The van der Waals surface area contributed by atoms with Gasteiger partial charge in [0.2, 0.25) is 0 Å². The first-order chi connectivity index (χ1) is 7.96. The Labute approximate surface area is 103 Å². The van der Waals surface area contributed by atoms with E-state index in [1.807, 2.05) is 0 Å².